The molecule has 0 atom stereocenters. The minimum atomic E-state index is 0.748. The first-order valence-electron chi connectivity index (χ1n) is 7.68. The number of nitrogens with one attached hydrogen (secondary N) is 1. The number of hydrogen-bond donors (Lipinski definition) is 1. The highest BCUT2D eigenvalue weighted by Gasteiger charge is 2.16. The van der Waals surface area contributed by atoms with Gasteiger partial charge in [0.25, 0.3) is 0 Å². The summed E-state index contributed by atoms with van der Waals surface area (Å²) in [5.74, 6) is 1.67. The molecule has 0 fully saturated rings. The quantitative estimate of drug-likeness (QED) is 0.787. The average molecular weight is 295 g/mol. The first kappa shape index (κ1) is 14.5. The van der Waals surface area contributed by atoms with Crippen molar-refractivity contribution in [2.24, 2.45) is 0 Å². The maximum atomic E-state index is 4.64. The molecular weight excluding hydrogens is 274 g/mol. The highest BCUT2D eigenvalue weighted by Crippen LogP contribution is 2.23. The number of benzene rings is 1. The summed E-state index contributed by atoms with van der Waals surface area (Å²) in [5.41, 5.74) is 4.46. The Bertz CT molecular complexity index is 755. The molecule has 0 unspecified atom stereocenters. The first-order chi connectivity index (χ1) is 10.7. The van der Waals surface area contributed by atoms with Crippen molar-refractivity contribution < 1.29 is 0 Å². The number of aromatic amines is 1. The third-order valence-electron chi connectivity index (χ3n) is 3.93. The average Bonchev–Trinajstić information content (AvgIpc) is 3.10. The molecule has 2 heterocycles. The van der Waals surface area contributed by atoms with Crippen molar-refractivity contribution in [1.82, 2.24) is 25.0 Å². The van der Waals surface area contributed by atoms with Crippen LogP contribution in [0.2, 0.25) is 0 Å². The molecular formula is C17H21N5. The van der Waals surface area contributed by atoms with E-state index in [0.29, 0.717) is 0 Å². The fourth-order valence-electron chi connectivity index (χ4n) is 2.75. The van der Waals surface area contributed by atoms with Gasteiger partial charge in [-0.05, 0) is 32.8 Å². The molecule has 0 aliphatic carbocycles. The van der Waals surface area contributed by atoms with Gasteiger partial charge in [-0.3, -0.25) is 9.78 Å². The summed E-state index contributed by atoms with van der Waals surface area (Å²) in [6.07, 6.45) is 1.82. The van der Waals surface area contributed by atoms with E-state index in [0.717, 1.165) is 48.0 Å². The molecule has 0 saturated carbocycles. The van der Waals surface area contributed by atoms with Crippen molar-refractivity contribution in [2.75, 3.05) is 0 Å². The third-order valence-corrected chi connectivity index (χ3v) is 3.93. The number of nitrogens with zero attached hydrogens (tertiary/aromatic N) is 4. The van der Waals surface area contributed by atoms with Gasteiger partial charge in [0.1, 0.15) is 5.82 Å². The van der Waals surface area contributed by atoms with Gasteiger partial charge < -0.3 is 0 Å². The SMILES string of the molecule is CCn1nc(C)c(-c2n[nH]c(CCc3ccccc3)n2)c1C. The van der Waals surface area contributed by atoms with Crippen LogP contribution < -0.4 is 0 Å². The molecule has 1 aromatic carbocycles. The zero-order valence-electron chi connectivity index (χ0n) is 13.3. The molecule has 114 valence electrons. The maximum Gasteiger partial charge on any atom is 0.184 e. The summed E-state index contributed by atoms with van der Waals surface area (Å²) < 4.78 is 1.99. The van der Waals surface area contributed by atoms with Gasteiger partial charge in [-0.1, -0.05) is 30.3 Å². The molecule has 22 heavy (non-hydrogen) atoms. The lowest BCUT2D eigenvalue weighted by Crippen LogP contribution is -1.98. The van der Waals surface area contributed by atoms with Crippen LogP contribution in [0.25, 0.3) is 11.4 Å². The number of rotatable bonds is 5. The second kappa shape index (κ2) is 6.13. The largest absolute Gasteiger partial charge is 0.269 e. The van der Waals surface area contributed by atoms with Crippen LogP contribution in [0.15, 0.2) is 30.3 Å². The summed E-state index contributed by atoms with van der Waals surface area (Å²) >= 11 is 0. The van der Waals surface area contributed by atoms with Crippen LogP contribution in [0, 0.1) is 13.8 Å². The Labute approximate surface area is 130 Å². The van der Waals surface area contributed by atoms with Crippen LogP contribution in [0.3, 0.4) is 0 Å². The Kier molecular flexibility index (Phi) is 4.04. The molecule has 1 N–H and O–H groups in total. The van der Waals surface area contributed by atoms with Gasteiger partial charge >= 0.3 is 0 Å². The van der Waals surface area contributed by atoms with Gasteiger partial charge in [0.05, 0.1) is 11.3 Å². The zero-order valence-corrected chi connectivity index (χ0v) is 13.3. The molecule has 0 aliphatic rings. The van der Waals surface area contributed by atoms with E-state index in [9.17, 15) is 0 Å². The van der Waals surface area contributed by atoms with E-state index < -0.39 is 0 Å². The van der Waals surface area contributed by atoms with E-state index in [4.69, 9.17) is 0 Å². The molecule has 0 saturated heterocycles. The lowest BCUT2D eigenvalue weighted by Gasteiger charge is -1.99. The molecule has 0 aliphatic heterocycles. The van der Waals surface area contributed by atoms with Gasteiger partial charge in [-0.25, -0.2) is 4.98 Å². The number of aromatic nitrogens is 5. The van der Waals surface area contributed by atoms with Gasteiger partial charge in [-0.2, -0.15) is 10.2 Å². The van der Waals surface area contributed by atoms with Crippen molar-refractivity contribution >= 4 is 0 Å². The third kappa shape index (κ3) is 2.79. The van der Waals surface area contributed by atoms with Crippen LogP contribution in [-0.2, 0) is 19.4 Å². The Balaban J connectivity index is 1.78. The number of hydrogen-bond acceptors (Lipinski definition) is 3. The van der Waals surface area contributed by atoms with E-state index in [2.05, 4.69) is 58.4 Å². The fourth-order valence-corrected chi connectivity index (χ4v) is 2.75. The van der Waals surface area contributed by atoms with Crippen molar-refractivity contribution in [3.05, 3.63) is 53.1 Å². The van der Waals surface area contributed by atoms with Crippen molar-refractivity contribution in [3.63, 3.8) is 0 Å². The normalized spacial score (nSPS) is 11.0. The highest BCUT2D eigenvalue weighted by atomic mass is 15.3. The van der Waals surface area contributed by atoms with Crippen LogP contribution in [0.1, 0.15) is 29.7 Å². The standard InChI is InChI=1S/C17H21N5/c1-4-22-13(3)16(12(2)21-22)17-18-15(19-20-17)11-10-14-8-6-5-7-9-14/h5-9H,4,10-11H2,1-3H3,(H,18,19,20). The lowest BCUT2D eigenvalue weighted by atomic mass is 10.1. The number of aryl methyl sites for hydroxylation is 4. The van der Waals surface area contributed by atoms with Gasteiger partial charge in [0.2, 0.25) is 0 Å². The molecule has 0 amide bonds. The molecule has 5 heteroatoms. The molecule has 0 spiro atoms. The summed E-state index contributed by atoms with van der Waals surface area (Å²) in [5, 5.41) is 12.0. The fraction of sp³-hybridized carbons (Fsp3) is 0.353. The maximum absolute atomic E-state index is 4.64. The second-order valence-corrected chi connectivity index (χ2v) is 5.45. The van der Waals surface area contributed by atoms with Crippen LogP contribution >= 0.6 is 0 Å². The Morgan fingerprint density at radius 3 is 2.55 bits per heavy atom. The van der Waals surface area contributed by atoms with E-state index in [1.807, 2.05) is 17.7 Å². The van der Waals surface area contributed by atoms with Gasteiger partial charge in [0, 0.05) is 18.7 Å². The van der Waals surface area contributed by atoms with Gasteiger partial charge in [-0.15, -0.1) is 0 Å². The summed E-state index contributed by atoms with van der Waals surface area (Å²) in [6, 6.07) is 10.4. The van der Waals surface area contributed by atoms with Gasteiger partial charge in [0.15, 0.2) is 5.82 Å². The van der Waals surface area contributed by atoms with E-state index in [1.165, 1.54) is 5.56 Å². The second-order valence-electron chi connectivity index (χ2n) is 5.45. The monoisotopic (exact) mass is 295 g/mol. The topological polar surface area (TPSA) is 59.4 Å². The van der Waals surface area contributed by atoms with Crippen molar-refractivity contribution in [2.45, 2.75) is 40.2 Å². The summed E-state index contributed by atoms with van der Waals surface area (Å²) in [7, 11) is 0. The lowest BCUT2D eigenvalue weighted by molar-refractivity contribution is 0.634. The highest BCUT2D eigenvalue weighted by molar-refractivity contribution is 5.60. The Hall–Kier alpha value is -2.43. The van der Waals surface area contributed by atoms with E-state index in [1.54, 1.807) is 0 Å². The van der Waals surface area contributed by atoms with Crippen LogP contribution in [0.4, 0.5) is 0 Å². The number of H-pyrrole nitrogens is 1. The molecule has 5 nitrogen and oxygen atoms in total. The summed E-state index contributed by atoms with van der Waals surface area (Å²) in [4.78, 5) is 4.64. The molecule has 0 radical (unpaired) electrons. The molecule has 3 rings (SSSR count). The molecule has 0 bridgehead atoms. The van der Waals surface area contributed by atoms with E-state index in [-0.39, 0.29) is 0 Å². The minimum Gasteiger partial charge on any atom is -0.269 e. The van der Waals surface area contributed by atoms with E-state index >= 15 is 0 Å². The predicted molar refractivity (Wildman–Crippen MR) is 86.6 cm³/mol. The van der Waals surface area contributed by atoms with Crippen LogP contribution in [-0.4, -0.2) is 25.0 Å². The van der Waals surface area contributed by atoms with Crippen molar-refractivity contribution in [1.29, 1.82) is 0 Å². The predicted octanol–water partition coefficient (Wildman–Crippen LogP) is 3.09. The Morgan fingerprint density at radius 2 is 1.86 bits per heavy atom. The zero-order chi connectivity index (χ0) is 15.5. The smallest absolute Gasteiger partial charge is 0.184 e. The minimum absolute atomic E-state index is 0.748. The molecule has 3 aromatic rings. The Morgan fingerprint density at radius 1 is 1.09 bits per heavy atom. The molecule has 2 aromatic heterocycles. The summed E-state index contributed by atoms with van der Waals surface area (Å²) in [6.45, 7) is 7.03. The first-order valence-corrected chi connectivity index (χ1v) is 7.68. The van der Waals surface area contributed by atoms with Crippen LogP contribution in [0.5, 0.6) is 0 Å². The van der Waals surface area contributed by atoms with Crippen molar-refractivity contribution in [3.8, 4) is 11.4 Å².